The Bertz CT molecular complexity index is 512. The molecule has 1 fully saturated rings. The lowest BCUT2D eigenvalue weighted by Gasteiger charge is -2.21. The summed E-state index contributed by atoms with van der Waals surface area (Å²) in [5.41, 5.74) is 1.01. The van der Waals surface area contributed by atoms with E-state index in [1.165, 1.54) is 12.8 Å². The van der Waals surface area contributed by atoms with Gasteiger partial charge in [-0.3, -0.25) is 0 Å². The topological polar surface area (TPSA) is 55.6 Å². The molecule has 1 aromatic carbocycles. The number of benzene rings is 1. The van der Waals surface area contributed by atoms with Gasteiger partial charge in [0.1, 0.15) is 0 Å². The molecule has 0 aliphatic carbocycles. The molecule has 1 aliphatic heterocycles. The number of rotatable bonds is 4. The molecule has 0 bridgehead atoms. The number of halogens is 1. The van der Waals surface area contributed by atoms with Gasteiger partial charge in [0.2, 0.25) is 5.16 Å². The van der Waals surface area contributed by atoms with Gasteiger partial charge in [0.05, 0.1) is 5.69 Å². The van der Waals surface area contributed by atoms with Crippen molar-refractivity contribution in [2.24, 2.45) is 5.92 Å². The molecule has 0 unspecified atom stereocenters. The number of tetrazole rings is 1. The Morgan fingerprint density at radius 1 is 1.20 bits per heavy atom. The Balaban J connectivity index is 0.00000147. The smallest absolute Gasteiger partial charge is 0.214 e. The second-order valence-corrected chi connectivity index (χ2v) is 5.70. The Morgan fingerprint density at radius 2 is 1.95 bits per heavy atom. The Morgan fingerprint density at radius 3 is 2.70 bits per heavy atom. The Kier molecular flexibility index (Phi) is 5.82. The number of nitrogens with zero attached hydrogens (tertiary/aromatic N) is 4. The maximum atomic E-state index is 4.13. The van der Waals surface area contributed by atoms with Gasteiger partial charge < -0.3 is 5.32 Å². The fourth-order valence-corrected chi connectivity index (χ4v) is 3.32. The molecule has 1 N–H and O–H groups in total. The fourth-order valence-electron chi connectivity index (χ4n) is 2.24. The van der Waals surface area contributed by atoms with Crippen molar-refractivity contribution in [2.75, 3.05) is 18.8 Å². The summed E-state index contributed by atoms with van der Waals surface area (Å²) in [5, 5.41) is 16.3. The lowest BCUT2D eigenvalue weighted by molar-refractivity contribution is 0.407. The standard InChI is InChI=1S/C13H17N5S.ClH/c1-2-4-12(5-3-1)18-13(15-16-17-18)19-10-11-6-8-14-9-7-11;/h1-5,11,14H,6-10H2;1H. The first kappa shape index (κ1) is 15.3. The van der Waals surface area contributed by atoms with Crippen molar-refractivity contribution in [3.63, 3.8) is 0 Å². The molecule has 2 aromatic rings. The Labute approximate surface area is 128 Å². The van der Waals surface area contributed by atoms with Crippen LogP contribution in [0.2, 0.25) is 0 Å². The largest absolute Gasteiger partial charge is 0.317 e. The monoisotopic (exact) mass is 311 g/mol. The van der Waals surface area contributed by atoms with Crippen LogP contribution in [0.15, 0.2) is 35.5 Å². The van der Waals surface area contributed by atoms with E-state index in [1.54, 1.807) is 11.8 Å². The molecule has 5 nitrogen and oxygen atoms in total. The van der Waals surface area contributed by atoms with Gasteiger partial charge in [-0.05, 0) is 54.4 Å². The summed E-state index contributed by atoms with van der Waals surface area (Å²) in [4.78, 5) is 0. The maximum Gasteiger partial charge on any atom is 0.214 e. The molecular weight excluding hydrogens is 294 g/mol. The summed E-state index contributed by atoms with van der Waals surface area (Å²) in [7, 11) is 0. The highest BCUT2D eigenvalue weighted by Gasteiger charge is 2.16. The van der Waals surface area contributed by atoms with Gasteiger partial charge in [-0.25, -0.2) is 0 Å². The van der Waals surface area contributed by atoms with Crippen LogP contribution in [0.1, 0.15) is 12.8 Å². The minimum Gasteiger partial charge on any atom is -0.317 e. The first-order valence-electron chi connectivity index (χ1n) is 6.61. The average molecular weight is 312 g/mol. The predicted molar refractivity (Wildman–Crippen MR) is 82.7 cm³/mol. The molecule has 7 heteroatoms. The molecule has 1 saturated heterocycles. The summed E-state index contributed by atoms with van der Waals surface area (Å²) >= 11 is 1.75. The third-order valence-electron chi connectivity index (χ3n) is 3.35. The number of nitrogens with one attached hydrogen (secondary N) is 1. The third kappa shape index (κ3) is 3.71. The second kappa shape index (κ2) is 7.61. The van der Waals surface area contributed by atoms with Crippen LogP contribution < -0.4 is 5.32 Å². The van der Waals surface area contributed by atoms with Crippen LogP contribution in [0.3, 0.4) is 0 Å². The summed E-state index contributed by atoms with van der Waals surface area (Å²) in [6.07, 6.45) is 2.50. The van der Waals surface area contributed by atoms with Crippen molar-refractivity contribution in [1.29, 1.82) is 0 Å². The van der Waals surface area contributed by atoms with Gasteiger partial charge in [0.25, 0.3) is 0 Å². The minimum atomic E-state index is 0. The number of hydrogen-bond donors (Lipinski definition) is 1. The zero-order valence-corrected chi connectivity index (χ0v) is 12.7. The van der Waals surface area contributed by atoms with Gasteiger partial charge in [0.15, 0.2) is 0 Å². The van der Waals surface area contributed by atoms with Gasteiger partial charge in [-0.1, -0.05) is 30.0 Å². The molecule has 1 aromatic heterocycles. The number of thioether (sulfide) groups is 1. The zero-order valence-electron chi connectivity index (χ0n) is 11.1. The van der Waals surface area contributed by atoms with Crippen molar-refractivity contribution >= 4 is 24.2 Å². The van der Waals surface area contributed by atoms with Gasteiger partial charge >= 0.3 is 0 Å². The molecule has 0 saturated carbocycles. The average Bonchev–Trinajstić information content (AvgIpc) is 2.95. The SMILES string of the molecule is Cl.c1ccc(-n2nnnc2SCC2CCNCC2)cc1. The van der Waals surface area contributed by atoms with E-state index >= 15 is 0 Å². The van der Waals surface area contributed by atoms with E-state index in [4.69, 9.17) is 0 Å². The molecule has 108 valence electrons. The summed E-state index contributed by atoms with van der Waals surface area (Å²) in [6.45, 7) is 2.27. The van der Waals surface area contributed by atoms with E-state index in [-0.39, 0.29) is 12.4 Å². The predicted octanol–water partition coefficient (Wildman–Crippen LogP) is 2.18. The van der Waals surface area contributed by atoms with Crippen molar-refractivity contribution in [2.45, 2.75) is 18.0 Å². The number of para-hydroxylation sites is 1. The minimum absolute atomic E-state index is 0. The lowest BCUT2D eigenvalue weighted by atomic mass is 10.0. The summed E-state index contributed by atoms with van der Waals surface area (Å²) in [5.74, 6) is 1.86. The highest BCUT2D eigenvalue weighted by atomic mass is 35.5. The van der Waals surface area contributed by atoms with Crippen LogP contribution in [0.4, 0.5) is 0 Å². The van der Waals surface area contributed by atoms with Crippen LogP contribution in [0.25, 0.3) is 5.69 Å². The first-order valence-corrected chi connectivity index (χ1v) is 7.59. The third-order valence-corrected chi connectivity index (χ3v) is 4.50. The van der Waals surface area contributed by atoms with Crippen LogP contribution in [0, 0.1) is 5.92 Å². The second-order valence-electron chi connectivity index (χ2n) is 4.71. The summed E-state index contributed by atoms with van der Waals surface area (Å²) < 4.78 is 1.81. The van der Waals surface area contributed by atoms with Crippen molar-refractivity contribution in [1.82, 2.24) is 25.5 Å². The zero-order chi connectivity index (χ0) is 12.9. The van der Waals surface area contributed by atoms with Crippen LogP contribution >= 0.6 is 24.2 Å². The van der Waals surface area contributed by atoms with E-state index in [9.17, 15) is 0 Å². The molecule has 3 rings (SSSR count). The lowest BCUT2D eigenvalue weighted by Crippen LogP contribution is -2.28. The van der Waals surface area contributed by atoms with E-state index in [2.05, 4.69) is 20.8 Å². The maximum absolute atomic E-state index is 4.13. The Hall–Kier alpha value is -1.11. The number of hydrogen-bond acceptors (Lipinski definition) is 5. The van der Waals surface area contributed by atoms with Crippen LogP contribution in [-0.2, 0) is 0 Å². The normalized spacial score (nSPS) is 15.8. The molecule has 0 atom stereocenters. The summed E-state index contributed by atoms with van der Waals surface area (Å²) in [6, 6.07) is 10.0. The highest BCUT2D eigenvalue weighted by Crippen LogP contribution is 2.24. The molecule has 0 radical (unpaired) electrons. The van der Waals surface area contributed by atoms with Gasteiger partial charge in [0, 0.05) is 5.75 Å². The van der Waals surface area contributed by atoms with Gasteiger partial charge in [-0.2, -0.15) is 4.68 Å². The molecule has 20 heavy (non-hydrogen) atoms. The fraction of sp³-hybridized carbons (Fsp3) is 0.462. The highest BCUT2D eigenvalue weighted by molar-refractivity contribution is 7.99. The molecule has 2 heterocycles. The van der Waals surface area contributed by atoms with Crippen molar-refractivity contribution in [3.8, 4) is 5.69 Å². The van der Waals surface area contributed by atoms with E-state index in [0.717, 1.165) is 35.6 Å². The molecule has 0 amide bonds. The quantitative estimate of drug-likeness (QED) is 0.877. The van der Waals surface area contributed by atoms with E-state index < -0.39 is 0 Å². The van der Waals surface area contributed by atoms with E-state index in [0.29, 0.717) is 0 Å². The van der Waals surface area contributed by atoms with Gasteiger partial charge in [-0.15, -0.1) is 17.5 Å². The first-order chi connectivity index (χ1) is 9.43. The van der Waals surface area contributed by atoms with Crippen molar-refractivity contribution in [3.05, 3.63) is 30.3 Å². The molecular formula is C13H18ClN5S. The number of piperidine rings is 1. The van der Waals surface area contributed by atoms with Crippen LogP contribution in [-0.4, -0.2) is 39.0 Å². The molecule has 0 spiro atoms. The van der Waals surface area contributed by atoms with E-state index in [1.807, 2.05) is 35.0 Å². The number of aromatic nitrogens is 4. The van der Waals surface area contributed by atoms with Crippen molar-refractivity contribution < 1.29 is 0 Å². The molecule has 1 aliphatic rings. The van der Waals surface area contributed by atoms with Crippen LogP contribution in [0.5, 0.6) is 0 Å².